The molecule has 0 aliphatic rings. The minimum atomic E-state index is -0.345. The van der Waals surface area contributed by atoms with Crippen molar-refractivity contribution >= 4 is 5.91 Å². The summed E-state index contributed by atoms with van der Waals surface area (Å²) in [6.45, 7) is 1.48. The summed E-state index contributed by atoms with van der Waals surface area (Å²) in [6.07, 6.45) is 0.439. The van der Waals surface area contributed by atoms with Gasteiger partial charge in [0.05, 0.1) is 12.1 Å². The van der Waals surface area contributed by atoms with Gasteiger partial charge in [-0.3, -0.25) is 4.79 Å². The third kappa shape index (κ3) is 5.39. The van der Waals surface area contributed by atoms with Crippen molar-refractivity contribution in [3.8, 4) is 11.8 Å². The third-order valence-electron chi connectivity index (χ3n) is 2.81. The second kappa shape index (κ2) is 8.31. The molecule has 20 heavy (non-hydrogen) atoms. The highest BCUT2D eigenvalue weighted by Crippen LogP contribution is 2.11. The first-order valence-corrected chi connectivity index (χ1v) is 6.43. The second-order valence-electron chi connectivity index (χ2n) is 4.48. The summed E-state index contributed by atoms with van der Waals surface area (Å²) in [5.41, 5.74) is 6.59. The Morgan fingerprint density at radius 1 is 1.50 bits per heavy atom. The Hall–Kier alpha value is -1.90. The lowest BCUT2D eigenvalue weighted by Gasteiger charge is -2.16. The summed E-state index contributed by atoms with van der Waals surface area (Å²) in [5, 5.41) is 2.58. The van der Waals surface area contributed by atoms with E-state index in [1.165, 1.54) is 6.07 Å². The van der Waals surface area contributed by atoms with Gasteiger partial charge in [0.15, 0.2) is 0 Å². The van der Waals surface area contributed by atoms with Crippen LogP contribution >= 0.6 is 0 Å². The van der Waals surface area contributed by atoms with Gasteiger partial charge in [-0.15, -0.1) is 0 Å². The van der Waals surface area contributed by atoms with E-state index in [2.05, 4.69) is 17.2 Å². The summed E-state index contributed by atoms with van der Waals surface area (Å²) < 4.78 is 13.5. The van der Waals surface area contributed by atoms with Crippen molar-refractivity contribution in [3.05, 3.63) is 35.1 Å². The van der Waals surface area contributed by atoms with Crippen molar-refractivity contribution in [1.82, 2.24) is 10.2 Å². The van der Waals surface area contributed by atoms with E-state index in [1.807, 2.05) is 11.9 Å². The molecule has 5 heteroatoms. The van der Waals surface area contributed by atoms with E-state index in [4.69, 9.17) is 5.73 Å². The van der Waals surface area contributed by atoms with E-state index in [1.54, 1.807) is 19.2 Å². The van der Waals surface area contributed by atoms with Crippen LogP contribution in [0.2, 0.25) is 0 Å². The molecule has 0 unspecified atom stereocenters. The molecule has 0 radical (unpaired) electrons. The predicted octanol–water partition coefficient (Wildman–Crippen LogP) is 0.704. The molecule has 3 N–H and O–H groups in total. The number of nitrogens with two attached hydrogens (primary N) is 1. The van der Waals surface area contributed by atoms with Crippen molar-refractivity contribution in [2.45, 2.75) is 13.0 Å². The Morgan fingerprint density at radius 2 is 2.25 bits per heavy atom. The summed E-state index contributed by atoms with van der Waals surface area (Å²) in [5.74, 6) is 5.02. The Balaban J connectivity index is 2.65. The zero-order valence-corrected chi connectivity index (χ0v) is 11.9. The van der Waals surface area contributed by atoms with E-state index >= 15 is 0 Å². The fraction of sp³-hybridized carbons (Fsp3) is 0.400. The standard InChI is InChI=1S/C15H20FN3O/c1-18-15(20)7-9-19(2)11-12-5-6-14(16)13(10-12)4-3-8-17/h5-6,10H,7-9,11,17H2,1-2H3,(H,18,20). The molecule has 1 amide bonds. The smallest absolute Gasteiger partial charge is 0.221 e. The maximum atomic E-state index is 13.5. The summed E-state index contributed by atoms with van der Waals surface area (Å²) in [6, 6.07) is 4.84. The first-order valence-electron chi connectivity index (χ1n) is 6.43. The monoisotopic (exact) mass is 277 g/mol. The zero-order valence-electron chi connectivity index (χ0n) is 11.9. The number of benzene rings is 1. The Morgan fingerprint density at radius 3 is 2.90 bits per heavy atom. The minimum absolute atomic E-state index is 0.00505. The largest absolute Gasteiger partial charge is 0.359 e. The third-order valence-corrected chi connectivity index (χ3v) is 2.81. The lowest BCUT2D eigenvalue weighted by molar-refractivity contribution is -0.120. The van der Waals surface area contributed by atoms with Gasteiger partial charge in [-0.25, -0.2) is 4.39 Å². The van der Waals surface area contributed by atoms with Crippen LogP contribution < -0.4 is 11.1 Å². The van der Waals surface area contributed by atoms with Gasteiger partial charge in [-0.05, 0) is 24.7 Å². The number of rotatable bonds is 5. The van der Waals surface area contributed by atoms with Gasteiger partial charge >= 0.3 is 0 Å². The first kappa shape index (κ1) is 16.2. The quantitative estimate of drug-likeness (QED) is 0.779. The molecule has 0 spiro atoms. The maximum Gasteiger partial charge on any atom is 0.221 e. The van der Waals surface area contributed by atoms with Crippen molar-refractivity contribution in [1.29, 1.82) is 0 Å². The lowest BCUT2D eigenvalue weighted by atomic mass is 10.1. The Labute approximate surface area is 119 Å². The minimum Gasteiger partial charge on any atom is -0.359 e. The molecule has 1 aromatic carbocycles. The number of nitrogens with one attached hydrogen (secondary N) is 1. The van der Waals surface area contributed by atoms with Gasteiger partial charge in [0.25, 0.3) is 0 Å². The van der Waals surface area contributed by atoms with E-state index in [0.717, 1.165) is 5.56 Å². The summed E-state index contributed by atoms with van der Waals surface area (Å²) in [7, 11) is 3.53. The van der Waals surface area contributed by atoms with Crippen LogP contribution in [0.1, 0.15) is 17.5 Å². The number of carbonyl (C=O) groups excluding carboxylic acids is 1. The molecule has 1 aromatic rings. The fourth-order valence-electron chi connectivity index (χ4n) is 1.72. The van der Waals surface area contributed by atoms with Gasteiger partial charge in [0, 0.05) is 26.6 Å². The number of halogens is 1. The molecule has 0 atom stereocenters. The highest BCUT2D eigenvalue weighted by molar-refractivity contribution is 5.75. The van der Waals surface area contributed by atoms with Crippen molar-refractivity contribution in [3.63, 3.8) is 0 Å². The van der Waals surface area contributed by atoms with E-state index < -0.39 is 0 Å². The molecule has 0 saturated carbocycles. The summed E-state index contributed by atoms with van der Waals surface area (Å²) >= 11 is 0. The van der Waals surface area contributed by atoms with Crippen LogP contribution in [0.4, 0.5) is 4.39 Å². The van der Waals surface area contributed by atoms with Gasteiger partial charge in [0.1, 0.15) is 5.82 Å². The number of carbonyl (C=O) groups is 1. The van der Waals surface area contributed by atoms with Gasteiger partial charge in [-0.2, -0.15) is 0 Å². The number of hydrogen-bond donors (Lipinski definition) is 2. The highest BCUT2D eigenvalue weighted by atomic mass is 19.1. The average molecular weight is 277 g/mol. The van der Waals surface area contributed by atoms with E-state index in [-0.39, 0.29) is 18.3 Å². The molecule has 0 saturated heterocycles. The highest BCUT2D eigenvalue weighted by Gasteiger charge is 2.06. The van der Waals surface area contributed by atoms with E-state index in [0.29, 0.717) is 25.1 Å². The molecule has 0 aliphatic heterocycles. The SMILES string of the molecule is CNC(=O)CCN(C)Cc1ccc(F)c(C#CCN)c1. The van der Waals surface area contributed by atoms with Crippen LogP contribution in [0.15, 0.2) is 18.2 Å². The molecule has 0 aliphatic carbocycles. The zero-order chi connectivity index (χ0) is 15.0. The van der Waals surface area contributed by atoms with Crippen LogP contribution in [0.3, 0.4) is 0 Å². The molecule has 0 fully saturated rings. The molecule has 4 nitrogen and oxygen atoms in total. The molecule has 108 valence electrons. The van der Waals surface area contributed by atoms with Crippen LogP contribution in [-0.4, -0.2) is 38.0 Å². The average Bonchev–Trinajstić information content (AvgIpc) is 2.45. The van der Waals surface area contributed by atoms with Crippen molar-refractivity contribution in [2.24, 2.45) is 5.73 Å². The van der Waals surface area contributed by atoms with E-state index in [9.17, 15) is 9.18 Å². The molecule has 0 bridgehead atoms. The Kier molecular flexibility index (Phi) is 6.71. The normalized spacial score (nSPS) is 10.1. The molecule has 0 aromatic heterocycles. The van der Waals surface area contributed by atoms with Crippen LogP contribution in [0, 0.1) is 17.7 Å². The maximum absolute atomic E-state index is 13.5. The molecule has 1 rings (SSSR count). The molecule has 0 heterocycles. The fourth-order valence-corrected chi connectivity index (χ4v) is 1.72. The predicted molar refractivity (Wildman–Crippen MR) is 77.4 cm³/mol. The number of hydrogen-bond acceptors (Lipinski definition) is 3. The van der Waals surface area contributed by atoms with Crippen LogP contribution in [0.5, 0.6) is 0 Å². The number of nitrogens with zero attached hydrogens (tertiary/aromatic N) is 1. The summed E-state index contributed by atoms with van der Waals surface area (Å²) in [4.78, 5) is 13.2. The van der Waals surface area contributed by atoms with Crippen LogP contribution in [0.25, 0.3) is 0 Å². The van der Waals surface area contributed by atoms with Crippen molar-refractivity contribution < 1.29 is 9.18 Å². The van der Waals surface area contributed by atoms with Gasteiger partial charge < -0.3 is 16.0 Å². The van der Waals surface area contributed by atoms with Gasteiger partial charge in [-0.1, -0.05) is 17.9 Å². The van der Waals surface area contributed by atoms with Crippen LogP contribution in [-0.2, 0) is 11.3 Å². The van der Waals surface area contributed by atoms with Crippen molar-refractivity contribution in [2.75, 3.05) is 27.2 Å². The molecular formula is C15H20FN3O. The van der Waals surface area contributed by atoms with Gasteiger partial charge in [0.2, 0.25) is 5.91 Å². The second-order valence-corrected chi connectivity index (χ2v) is 4.48. The first-order chi connectivity index (χ1) is 9.56. The molecular weight excluding hydrogens is 257 g/mol. The lowest BCUT2D eigenvalue weighted by Crippen LogP contribution is -2.26. The number of amides is 1. The Bertz CT molecular complexity index is 520. The topological polar surface area (TPSA) is 58.4 Å².